The monoisotopic (exact) mass is 384 g/mol. The number of pyridine rings is 1. The van der Waals surface area contributed by atoms with Crippen LogP contribution in [0, 0.1) is 11.8 Å². The highest BCUT2D eigenvalue weighted by Crippen LogP contribution is 2.40. The molecule has 0 aromatic carbocycles. The summed E-state index contributed by atoms with van der Waals surface area (Å²) in [6.07, 6.45) is 2.66. The lowest BCUT2D eigenvalue weighted by atomic mass is 10.2. The Morgan fingerprint density at radius 2 is 2.18 bits per heavy atom. The van der Waals surface area contributed by atoms with Gasteiger partial charge in [0, 0.05) is 37.0 Å². The van der Waals surface area contributed by atoms with Crippen molar-refractivity contribution in [3.05, 3.63) is 41.3 Å². The lowest BCUT2D eigenvalue weighted by Gasteiger charge is -2.05. The summed E-state index contributed by atoms with van der Waals surface area (Å²) in [6.45, 7) is 2.92. The van der Waals surface area contributed by atoms with Gasteiger partial charge < -0.3 is 10.8 Å². The number of rotatable bonds is 5. The number of aliphatic hydroxyl groups is 1. The van der Waals surface area contributed by atoms with E-state index in [0.29, 0.717) is 23.6 Å². The standard InChI is InChI=1S/C16H14N4O3.C3H10N2/c17-16(23)13-8-14(11-2-3-11)20(19-13)15-7-10(5-6-18-15)1-4-12(22)9-21;1-3-5(2)4/h5-9,11-12,22H,2-3H2,(H2,17,23);3-4H2,1-2H3. The summed E-state index contributed by atoms with van der Waals surface area (Å²) < 4.78 is 1.60. The fourth-order valence-corrected chi connectivity index (χ4v) is 2.17. The summed E-state index contributed by atoms with van der Waals surface area (Å²) in [5, 5.41) is 15.0. The molecule has 1 fully saturated rings. The zero-order valence-electron chi connectivity index (χ0n) is 15.9. The molecule has 5 N–H and O–H groups in total. The van der Waals surface area contributed by atoms with Gasteiger partial charge in [0.05, 0.1) is 0 Å². The molecule has 1 unspecified atom stereocenters. The molecular formula is C19H24N6O3. The van der Waals surface area contributed by atoms with Crippen molar-refractivity contribution in [1.82, 2.24) is 19.8 Å². The largest absolute Gasteiger partial charge is 0.373 e. The van der Waals surface area contributed by atoms with Crippen LogP contribution in [0.4, 0.5) is 0 Å². The number of carbonyl (C=O) groups is 2. The van der Waals surface area contributed by atoms with Crippen molar-refractivity contribution in [2.24, 2.45) is 11.6 Å². The van der Waals surface area contributed by atoms with Gasteiger partial charge in [-0.15, -0.1) is 0 Å². The number of aromatic nitrogens is 3. The maximum absolute atomic E-state index is 11.4. The van der Waals surface area contributed by atoms with E-state index in [0.717, 1.165) is 25.1 Å². The third-order valence-electron chi connectivity index (χ3n) is 3.94. The summed E-state index contributed by atoms with van der Waals surface area (Å²) in [5.74, 6) is 10.5. The van der Waals surface area contributed by atoms with Crippen LogP contribution in [0.3, 0.4) is 0 Å². The van der Waals surface area contributed by atoms with Crippen LogP contribution in [0.2, 0.25) is 0 Å². The second-order valence-electron chi connectivity index (χ2n) is 6.33. The number of nitrogens with zero attached hydrogens (tertiary/aromatic N) is 4. The average molecular weight is 384 g/mol. The Balaban J connectivity index is 0.000000500. The molecule has 0 saturated heterocycles. The molecule has 0 aliphatic heterocycles. The fourth-order valence-electron chi connectivity index (χ4n) is 2.17. The molecule has 2 aromatic heterocycles. The molecule has 1 aliphatic carbocycles. The minimum Gasteiger partial charge on any atom is -0.373 e. The number of aliphatic hydroxyl groups excluding tert-OH is 1. The molecule has 1 aliphatic rings. The van der Waals surface area contributed by atoms with Crippen molar-refractivity contribution in [2.45, 2.75) is 31.8 Å². The van der Waals surface area contributed by atoms with E-state index in [2.05, 4.69) is 21.9 Å². The molecule has 0 spiro atoms. The van der Waals surface area contributed by atoms with Gasteiger partial charge in [-0.3, -0.25) is 20.4 Å². The molecule has 1 amide bonds. The van der Waals surface area contributed by atoms with Crippen molar-refractivity contribution in [1.29, 1.82) is 0 Å². The van der Waals surface area contributed by atoms with E-state index in [4.69, 9.17) is 16.7 Å². The molecule has 2 aromatic rings. The van der Waals surface area contributed by atoms with Crippen molar-refractivity contribution >= 4 is 12.2 Å². The number of hydrogen-bond donors (Lipinski definition) is 3. The summed E-state index contributed by atoms with van der Waals surface area (Å²) in [4.78, 5) is 26.0. The van der Waals surface area contributed by atoms with E-state index in [1.807, 2.05) is 14.0 Å². The van der Waals surface area contributed by atoms with E-state index < -0.39 is 12.0 Å². The molecular weight excluding hydrogens is 360 g/mol. The van der Waals surface area contributed by atoms with Gasteiger partial charge in [-0.2, -0.15) is 5.10 Å². The van der Waals surface area contributed by atoms with E-state index >= 15 is 0 Å². The van der Waals surface area contributed by atoms with Gasteiger partial charge in [0.25, 0.3) is 5.91 Å². The maximum Gasteiger partial charge on any atom is 0.269 e. The smallest absolute Gasteiger partial charge is 0.269 e. The number of amides is 1. The summed E-state index contributed by atoms with van der Waals surface area (Å²) in [5.41, 5.74) is 6.97. The number of aldehydes is 1. The first-order chi connectivity index (χ1) is 13.3. The highest BCUT2D eigenvalue weighted by molar-refractivity contribution is 5.91. The second kappa shape index (κ2) is 9.75. The van der Waals surface area contributed by atoms with Crippen LogP contribution in [0.1, 0.15) is 47.4 Å². The van der Waals surface area contributed by atoms with Gasteiger partial charge in [0.2, 0.25) is 0 Å². The van der Waals surface area contributed by atoms with Crippen LogP contribution in [0.25, 0.3) is 5.82 Å². The Morgan fingerprint density at radius 1 is 1.50 bits per heavy atom. The van der Waals surface area contributed by atoms with Crippen molar-refractivity contribution in [3.8, 4) is 17.7 Å². The summed E-state index contributed by atoms with van der Waals surface area (Å²) >= 11 is 0. The number of hydrogen-bond acceptors (Lipinski definition) is 7. The molecule has 3 rings (SSSR count). The summed E-state index contributed by atoms with van der Waals surface area (Å²) in [6, 6.07) is 5.02. The molecule has 0 radical (unpaired) electrons. The van der Waals surface area contributed by atoms with Gasteiger partial charge in [0.1, 0.15) is 0 Å². The van der Waals surface area contributed by atoms with Gasteiger partial charge in [-0.1, -0.05) is 18.8 Å². The molecule has 9 nitrogen and oxygen atoms in total. The van der Waals surface area contributed by atoms with Crippen LogP contribution in [-0.2, 0) is 4.79 Å². The zero-order valence-corrected chi connectivity index (χ0v) is 15.9. The highest BCUT2D eigenvalue weighted by Gasteiger charge is 2.29. The Morgan fingerprint density at radius 3 is 2.71 bits per heavy atom. The number of nitrogens with two attached hydrogens (primary N) is 2. The van der Waals surface area contributed by atoms with Crippen molar-refractivity contribution in [2.75, 3.05) is 13.6 Å². The molecule has 148 valence electrons. The van der Waals surface area contributed by atoms with E-state index in [1.165, 1.54) is 0 Å². The van der Waals surface area contributed by atoms with Crippen LogP contribution in [0.15, 0.2) is 24.4 Å². The predicted molar refractivity (Wildman–Crippen MR) is 103 cm³/mol. The van der Waals surface area contributed by atoms with Crippen molar-refractivity contribution in [3.63, 3.8) is 0 Å². The fraction of sp³-hybridized carbons (Fsp3) is 0.368. The van der Waals surface area contributed by atoms with Crippen LogP contribution in [0.5, 0.6) is 0 Å². The first-order valence-corrected chi connectivity index (χ1v) is 8.82. The highest BCUT2D eigenvalue weighted by atomic mass is 16.3. The molecule has 9 heteroatoms. The Bertz CT molecular complexity index is 893. The number of primary amides is 1. The second-order valence-corrected chi connectivity index (χ2v) is 6.33. The first kappa shape index (κ1) is 21.2. The van der Waals surface area contributed by atoms with Gasteiger partial charge in [-0.05, 0) is 31.0 Å². The maximum atomic E-state index is 11.4. The normalized spacial score (nSPS) is 13.8. The van der Waals surface area contributed by atoms with Gasteiger partial charge in [-0.25, -0.2) is 9.67 Å². The van der Waals surface area contributed by atoms with Gasteiger partial charge >= 0.3 is 0 Å². The first-order valence-electron chi connectivity index (χ1n) is 8.82. The van der Waals surface area contributed by atoms with E-state index in [-0.39, 0.29) is 5.69 Å². The molecule has 2 heterocycles. The number of hydrazine groups is 1. The molecule has 1 atom stereocenters. The average Bonchev–Trinajstić information content (AvgIpc) is 3.44. The lowest BCUT2D eigenvalue weighted by molar-refractivity contribution is -0.112. The Labute approximate surface area is 163 Å². The van der Waals surface area contributed by atoms with Crippen LogP contribution >= 0.6 is 0 Å². The molecule has 0 bridgehead atoms. The molecule has 1 saturated carbocycles. The topological polar surface area (TPSA) is 140 Å². The van der Waals surface area contributed by atoms with Crippen molar-refractivity contribution < 1.29 is 14.7 Å². The lowest BCUT2D eigenvalue weighted by Crippen LogP contribution is -2.24. The van der Waals surface area contributed by atoms with Crippen LogP contribution < -0.4 is 11.6 Å². The molecule has 28 heavy (non-hydrogen) atoms. The Kier molecular flexibility index (Phi) is 7.40. The minimum absolute atomic E-state index is 0.196. The third-order valence-corrected chi connectivity index (χ3v) is 3.94. The SMILES string of the molecule is CCN(C)N.NC(=O)c1cc(C2CC2)n(-c2cc(C#CC(O)C=O)ccn2)n1. The van der Waals surface area contributed by atoms with Crippen LogP contribution in [-0.4, -0.2) is 56.8 Å². The zero-order chi connectivity index (χ0) is 20.7. The van der Waals surface area contributed by atoms with Gasteiger partial charge in [0.15, 0.2) is 23.9 Å². The third kappa shape index (κ3) is 5.99. The van der Waals surface area contributed by atoms with E-state index in [9.17, 15) is 9.59 Å². The van der Waals surface area contributed by atoms with E-state index in [1.54, 1.807) is 34.1 Å². The minimum atomic E-state index is -1.32. The number of carbonyl (C=O) groups excluding carboxylic acids is 2. The predicted octanol–water partition coefficient (Wildman–Crippen LogP) is -0.0333. The Hall–Kier alpha value is -3.06. The summed E-state index contributed by atoms with van der Waals surface area (Å²) in [7, 11) is 1.83. The quantitative estimate of drug-likeness (QED) is 0.284.